The number of ketones is 1. The van der Waals surface area contributed by atoms with Crippen molar-refractivity contribution in [1.29, 1.82) is 0 Å². The van der Waals surface area contributed by atoms with Gasteiger partial charge in [-0.2, -0.15) is 0 Å². The normalized spacial score (nSPS) is 13.6. The van der Waals surface area contributed by atoms with Crippen LogP contribution in [0.25, 0.3) is 0 Å². The van der Waals surface area contributed by atoms with E-state index in [0.29, 0.717) is 0 Å². The fourth-order valence-electron chi connectivity index (χ4n) is 1.51. The maximum absolute atomic E-state index is 11.9. The first-order valence-electron chi connectivity index (χ1n) is 6.77. The lowest BCUT2D eigenvalue weighted by molar-refractivity contribution is -0.162. The second kappa shape index (κ2) is 6.86. The van der Waals surface area contributed by atoms with Gasteiger partial charge in [0.25, 0.3) is 0 Å². The summed E-state index contributed by atoms with van der Waals surface area (Å²) in [5.74, 6) is -2.23. The van der Waals surface area contributed by atoms with Gasteiger partial charge in [0.15, 0.2) is 0 Å². The molecule has 0 aromatic heterocycles. The Kier molecular flexibility index (Phi) is 6.38. The van der Waals surface area contributed by atoms with Crippen LogP contribution < -0.4 is 0 Å². The van der Waals surface area contributed by atoms with Crippen LogP contribution in [0.2, 0.25) is 0 Å². The van der Waals surface area contributed by atoms with E-state index in [1.165, 1.54) is 6.92 Å². The molecular formula is C15H26O5. The standard InChI is InChI=1S/C15H26O5/c1-10(16)11(13(18)20-15(5,6)7)8-9-12(17)19-14(2,3)4/h11H,8-9H2,1-7H3. The largest absolute Gasteiger partial charge is 0.460 e. The summed E-state index contributed by atoms with van der Waals surface area (Å²) in [4.78, 5) is 35.0. The number of ether oxygens (including phenoxy) is 2. The molecule has 0 fully saturated rings. The van der Waals surface area contributed by atoms with E-state index in [4.69, 9.17) is 9.47 Å². The molecule has 0 spiro atoms. The molecule has 0 rings (SSSR count). The highest BCUT2D eigenvalue weighted by Gasteiger charge is 2.29. The average molecular weight is 286 g/mol. The lowest BCUT2D eigenvalue weighted by Gasteiger charge is -2.23. The lowest BCUT2D eigenvalue weighted by Crippen LogP contribution is -2.32. The summed E-state index contributed by atoms with van der Waals surface area (Å²) in [5.41, 5.74) is -1.23. The Morgan fingerprint density at radius 2 is 1.35 bits per heavy atom. The predicted molar refractivity (Wildman–Crippen MR) is 75.1 cm³/mol. The number of rotatable bonds is 5. The van der Waals surface area contributed by atoms with E-state index < -0.39 is 29.1 Å². The highest BCUT2D eigenvalue weighted by atomic mass is 16.6. The number of esters is 2. The Balaban J connectivity index is 4.54. The van der Waals surface area contributed by atoms with Gasteiger partial charge >= 0.3 is 11.9 Å². The van der Waals surface area contributed by atoms with Crippen molar-refractivity contribution in [3.05, 3.63) is 0 Å². The van der Waals surface area contributed by atoms with Crippen molar-refractivity contribution in [1.82, 2.24) is 0 Å². The number of Topliss-reactive ketones (excluding diaryl/α,β-unsaturated/α-hetero) is 1. The molecule has 1 unspecified atom stereocenters. The third kappa shape index (κ3) is 8.67. The molecule has 0 N–H and O–H groups in total. The second-order valence-corrected chi connectivity index (χ2v) is 6.82. The van der Waals surface area contributed by atoms with Crippen LogP contribution in [-0.2, 0) is 23.9 Å². The van der Waals surface area contributed by atoms with Crippen LogP contribution in [0.3, 0.4) is 0 Å². The van der Waals surface area contributed by atoms with Gasteiger partial charge in [-0.05, 0) is 54.9 Å². The molecule has 0 aliphatic carbocycles. The predicted octanol–water partition coefficient (Wildman–Crippen LogP) is 2.66. The smallest absolute Gasteiger partial charge is 0.316 e. The van der Waals surface area contributed by atoms with Crippen LogP contribution in [0, 0.1) is 5.92 Å². The molecule has 116 valence electrons. The van der Waals surface area contributed by atoms with E-state index in [9.17, 15) is 14.4 Å². The fourth-order valence-corrected chi connectivity index (χ4v) is 1.51. The Labute approximate surface area is 121 Å². The summed E-state index contributed by atoms with van der Waals surface area (Å²) in [7, 11) is 0. The third-order valence-corrected chi connectivity index (χ3v) is 2.24. The molecule has 0 amide bonds. The van der Waals surface area contributed by atoms with E-state index in [0.717, 1.165) is 0 Å². The molecule has 5 heteroatoms. The summed E-state index contributed by atoms with van der Waals surface area (Å²) in [6.07, 6.45) is 0.125. The SMILES string of the molecule is CC(=O)C(CCC(=O)OC(C)(C)C)C(=O)OC(C)(C)C. The maximum Gasteiger partial charge on any atom is 0.316 e. The van der Waals surface area contributed by atoms with Crippen LogP contribution in [-0.4, -0.2) is 28.9 Å². The molecule has 0 aromatic rings. The summed E-state index contributed by atoms with van der Waals surface area (Å²) in [6, 6.07) is 0. The number of carbonyl (C=O) groups excluding carboxylic acids is 3. The zero-order chi connectivity index (χ0) is 16.1. The first-order chi connectivity index (χ1) is 8.82. The van der Waals surface area contributed by atoms with Gasteiger partial charge in [-0.1, -0.05) is 0 Å². The monoisotopic (exact) mass is 286 g/mol. The van der Waals surface area contributed by atoms with Gasteiger partial charge in [0.2, 0.25) is 0 Å². The van der Waals surface area contributed by atoms with Crippen molar-refractivity contribution in [3.8, 4) is 0 Å². The van der Waals surface area contributed by atoms with Crippen molar-refractivity contribution in [2.75, 3.05) is 0 Å². The number of hydrogen-bond donors (Lipinski definition) is 0. The topological polar surface area (TPSA) is 69.7 Å². The first kappa shape index (κ1) is 18.6. The lowest BCUT2D eigenvalue weighted by atomic mass is 9.99. The first-order valence-corrected chi connectivity index (χ1v) is 6.77. The second-order valence-electron chi connectivity index (χ2n) is 6.82. The Bertz CT molecular complexity index is 371. The molecule has 0 saturated heterocycles. The molecule has 0 radical (unpaired) electrons. The van der Waals surface area contributed by atoms with Gasteiger partial charge in [0, 0.05) is 6.42 Å². The minimum absolute atomic E-state index is 0.0146. The molecule has 0 aliphatic rings. The van der Waals surface area contributed by atoms with Crippen molar-refractivity contribution >= 4 is 17.7 Å². The van der Waals surface area contributed by atoms with Crippen LogP contribution in [0.15, 0.2) is 0 Å². The van der Waals surface area contributed by atoms with E-state index in [2.05, 4.69) is 0 Å². The van der Waals surface area contributed by atoms with E-state index in [1.54, 1.807) is 41.5 Å². The summed E-state index contributed by atoms with van der Waals surface area (Å²) in [5, 5.41) is 0. The Morgan fingerprint density at radius 1 is 0.900 bits per heavy atom. The minimum atomic E-state index is -0.915. The quantitative estimate of drug-likeness (QED) is 0.574. The molecule has 1 atom stereocenters. The summed E-state index contributed by atoms with van der Waals surface area (Å²) >= 11 is 0. The Hall–Kier alpha value is -1.39. The van der Waals surface area contributed by atoms with E-state index in [1.807, 2.05) is 0 Å². The van der Waals surface area contributed by atoms with Gasteiger partial charge in [0.05, 0.1) is 0 Å². The summed E-state index contributed by atoms with van der Waals surface area (Å²) < 4.78 is 10.3. The van der Waals surface area contributed by atoms with Gasteiger partial charge < -0.3 is 9.47 Å². The molecule has 0 heterocycles. The summed E-state index contributed by atoms with van der Waals surface area (Å²) in [6.45, 7) is 11.8. The van der Waals surface area contributed by atoms with Crippen molar-refractivity contribution < 1.29 is 23.9 Å². The number of hydrogen-bond acceptors (Lipinski definition) is 5. The average Bonchev–Trinajstić information content (AvgIpc) is 2.10. The molecule has 20 heavy (non-hydrogen) atoms. The zero-order valence-electron chi connectivity index (χ0n) is 13.5. The van der Waals surface area contributed by atoms with Gasteiger partial charge in [0.1, 0.15) is 22.9 Å². The van der Waals surface area contributed by atoms with Crippen LogP contribution in [0.5, 0.6) is 0 Å². The molecule has 5 nitrogen and oxygen atoms in total. The van der Waals surface area contributed by atoms with Crippen molar-refractivity contribution in [2.24, 2.45) is 5.92 Å². The Morgan fingerprint density at radius 3 is 1.70 bits per heavy atom. The fraction of sp³-hybridized carbons (Fsp3) is 0.800. The van der Waals surface area contributed by atoms with Crippen LogP contribution in [0.4, 0.5) is 0 Å². The highest BCUT2D eigenvalue weighted by molar-refractivity contribution is 5.98. The molecular weight excluding hydrogens is 260 g/mol. The van der Waals surface area contributed by atoms with Crippen molar-refractivity contribution in [2.45, 2.75) is 72.5 Å². The van der Waals surface area contributed by atoms with Gasteiger partial charge in [-0.25, -0.2) is 0 Å². The van der Waals surface area contributed by atoms with Gasteiger partial charge in [-0.3, -0.25) is 14.4 Å². The van der Waals surface area contributed by atoms with E-state index in [-0.39, 0.29) is 18.6 Å². The van der Waals surface area contributed by atoms with Crippen LogP contribution >= 0.6 is 0 Å². The third-order valence-electron chi connectivity index (χ3n) is 2.24. The molecule has 0 saturated carbocycles. The molecule has 0 bridgehead atoms. The maximum atomic E-state index is 11.9. The molecule has 0 aliphatic heterocycles. The van der Waals surface area contributed by atoms with E-state index >= 15 is 0 Å². The number of carbonyl (C=O) groups is 3. The molecule has 0 aromatic carbocycles. The van der Waals surface area contributed by atoms with Crippen molar-refractivity contribution in [3.63, 3.8) is 0 Å². The van der Waals surface area contributed by atoms with Crippen LogP contribution in [0.1, 0.15) is 61.3 Å². The minimum Gasteiger partial charge on any atom is -0.460 e. The van der Waals surface area contributed by atoms with Gasteiger partial charge in [-0.15, -0.1) is 0 Å². The highest BCUT2D eigenvalue weighted by Crippen LogP contribution is 2.17. The zero-order valence-corrected chi connectivity index (χ0v) is 13.5.